The molecule has 180 valence electrons. The Morgan fingerprint density at radius 2 is 0.833 bits per heavy atom. The van der Waals surface area contributed by atoms with Gasteiger partial charge >= 0.3 is 17.6 Å². The van der Waals surface area contributed by atoms with Crippen LogP contribution in [0.2, 0.25) is 12.1 Å². The molecule has 0 aromatic carbocycles. The summed E-state index contributed by atoms with van der Waals surface area (Å²) in [5.74, 6) is 0. The van der Waals surface area contributed by atoms with E-state index in [4.69, 9.17) is 36.0 Å². The van der Waals surface area contributed by atoms with E-state index in [-0.39, 0.29) is 0 Å². The first-order valence-corrected chi connectivity index (χ1v) is 14.9. The van der Waals surface area contributed by atoms with Crippen molar-refractivity contribution in [3.05, 3.63) is 0 Å². The molecule has 2 rings (SSSR count). The van der Waals surface area contributed by atoms with Crippen molar-refractivity contribution in [2.75, 3.05) is 55.9 Å². The molecule has 2 saturated heterocycles. The van der Waals surface area contributed by atoms with Crippen LogP contribution in [0.3, 0.4) is 0 Å². The van der Waals surface area contributed by atoms with Gasteiger partial charge < -0.3 is 36.0 Å². The number of ether oxygens (including phenoxy) is 2. The molecule has 0 radical (unpaired) electrons. The fraction of sp³-hybridized carbons (Fsp3) is 1.00. The highest BCUT2D eigenvalue weighted by atomic mass is 28.4. The van der Waals surface area contributed by atoms with Crippen molar-refractivity contribution in [2.45, 2.75) is 75.7 Å². The third kappa shape index (κ3) is 11.7. The Kier molecular flexibility index (Phi) is 14.9. The molecule has 0 amide bonds. The SMILES string of the molecule is CO[Si](CCCCC1CO1)(OC)OC.CO[Si](CCCCCCC1CO1)(OC)OC. The maximum absolute atomic E-state index is 5.37. The summed E-state index contributed by atoms with van der Waals surface area (Å²) in [4.78, 5) is 0. The molecule has 0 aromatic heterocycles. The molecule has 8 nitrogen and oxygen atoms in total. The van der Waals surface area contributed by atoms with Crippen molar-refractivity contribution in [2.24, 2.45) is 0 Å². The van der Waals surface area contributed by atoms with E-state index in [9.17, 15) is 0 Å². The molecule has 0 saturated carbocycles. The van der Waals surface area contributed by atoms with Crippen molar-refractivity contribution in [1.82, 2.24) is 0 Å². The topological polar surface area (TPSA) is 80.4 Å². The summed E-state index contributed by atoms with van der Waals surface area (Å²) >= 11 is 0. The van der Waals surface area contributed by atoms with E-state index in [1.807, 2.05) is 0 Å². The standard InChI is InChI=1S/C11H24O4Si.C9H20O4Si/c1-12-16(13-2,14-3)9-7-5-4-6-8-11-10-15-11;1-10-14(11-2,12-3)7-5-4-6-9-8-13-9/h11H,4-10H2,1-3H3;9H,4-8H2,1-3H3. The zero-order valence-electron chi connectivity index (χ0n) is 19.9. The molecule has 2 aliphatic heterocycles. The Hall–Kier alpha value is 0.114. The van der Waals surface area contributed by atoms with Crippen LogP contribution in [0.4, 0.5) is 0 Å². The van der Waals surface area contributed by atoms with E-state index in [1.54, 1.807) is 42.7 Å². The molecule has 2 aliphatic rings. The van der Waals surface area contributed by atoms with E-state index in [0.717, 1.165) is 51.0 Å². The maximum atomic E-state index is 5.37. The van der Waals surface area contributed by atoms with Crippen LogP contribution in [0.25, 0.3) is 0 Å². The average Bonchev–Trinajstić information content (AvgIpc) is 3.71. The first-order valence-electron chi connectivity index (χ1n) is 11.1. The van der Waals surface area contributed by atoms with Gasteiger partial charge in [-0.25, -0.2) is 0 Å². The first-order chi connectivity index (χ1) is 14.5. The summed E-state index contributed by atoms with van der Waals surface area (Å²) in [7, 11) is 5.36. The highest BCUT2D eigenvalue weighted by molar-refractivity contribution is 6.60. The van der Waals surface area contributed by atoms with Gasteiger partial charge in [-0.1, -0.05) is 25.7 Å². The van der Waals surface area contributed by atoms with Crippen LogP contribution < -0.4 is 0 Å². The quantitative estimate of drug-likeness (QED) is 0.171. The van der Waals surface area contributed by atoms with Crippen LogP contribution in [-0.2, 0) is 36.0 Å². The average molecular weight is 469 g/mol. The van der Waals surface area contributed by atoms with Crippen molar-refractivity contribution in [3.8, 4) is 0 Å². The normalized spacial score (nSPS) is 20.6. The predicted octanol–water partition coefficient (Wildman–Crippen LogP) is 3.65. The minimum Gasteiger partial charge on any atom is -0.377 e. The fourth-order valence-electron chi connectivity index (χ4n) is 3.36. The predicted molar refractivity (Wildman–Crippen MR) is 120 cm³/mol. The largest absolute Gasteiger partial charge is 0.500 e. The van der Waals surface area contributed by atoms with Gasteiger partial charge in [-0.15, -0.1) is 0 Å². The Bertz CT molecular complexity index is 397. The van der Waals surface area contributed by atoms with E-state index < -0.39 is 17.6 Å². The van der Waals surface area contributed by atoms with E-state index in [2.05, 4.69) is 0 Å². The molecule has 0 N–H and O–H groups in total. The molecule has 30 heavy (non-hydrogen) atoms. The van der Waals surface area contributed by atoms with Gasteiger partial charge in [0, 0.05) is 54.7 Å². The summed E-state index contributed by atoms with van der Waals surface area (Å²) in [5, 5.41) is 0. The molecule has 0 aromatic rings. The highest BCUT2D eigenvalue weighted by Gasteiger charge is 2.37. The lowest BCUT2D eigenvalue weighted by molar-refractivity contribution is 0.122. The Balaban J connectivity index is 0.000000303. The number of rotatable bonds is 18. The monoisotopic (exact) mass is 468 g/mol. The second-order valence-electron chi connectivity index (χ2n) is 7.70. The fourth-order valence-corrected chi connectivity index (χ4v) is 6.95. The van der Waals surface area contributed by atoms with E-state index in [1.165, 1.54) is 25.7 Å². The number of epoxide rings is 2. The Labute approximate surface area is 185 Å². The van der Waals surface area contributed by atoms with Gasteiger partial charge in [0.1, 0.15) is 0 Å². The molecule has 10 heteroatoms. The number of hydrogen-bond acceptors (Lipinski definition) is 8. The van der Waals surface area contributed by atoms with Crippen molar-refractivity contribution in [3.63, 3.8) is 0 Å². The van der Waals surface area contributed by atoms with Crippen LogP contribution in [-0.4, -0.2) is 85.7 Å². The summed E-state index contributed by atoms with van der Waals surface area (Å²) in [6, 6.07) is 1.81. The van der Waals surface area contributed by atoms with Gasteiger partial charge in [-0.05, 0) is 25.7 Å². The lowest BCUT2D eigenvalue weighted by atomic mass is 10.1. The molecule has 2 unspecified atom stereocenters. The van der Waals surface area contributed by atoms with Gasteiger partial charge in [0.2, 0.25) is 0 Å². The molecular formula is C20H44O8Si2. The van der Waals surface area contributed by atoms with Crippen molar-refractivity contribution >= 4 is 17.6 Å². The van der Waals surface area contributed by atoms with Gasteiger partial charge in [0.25, 0.3) is 0 Å². The summed E-state index contributed by atoms with van der Waals surface area (Å²) < 4.78 is 42.4. The highest BCUT2D eigenvalue weighted by Crippen LogP contribution is 2.22. The maximum Gasteiger partial charge on any atom is 0.500 e. The molecule has 0 bridgehead atoms. The molecule has 2 fully saturated rings. The molecule has 0 aliphatic carbocycles. The number of unbranched alkanes of at least 4 members (excludes halogenated alkanes) is 4. The smallest absolute Gasteiger partial charge is 0.377 e. The third-order valence-corrected chi connectivity index (χ3v) is 11.4. The lowest BCUT2D eigenvalue weighted by Crippen LogP contribution is -2.42. The minimum absolute atomic E-state index is 0.527. The zero-order valence-corrected chi connectivity index (χ0v) is 21.9. The Morgan fingerprint density at radius 1 is 0.533 bits per heavy atom. The number of hydrogen-bond donors (Lipinski definition) is 0. The summed E-state index contributed by atoms with van der Waals surface area (Å²) in [6.07, 6.45) is 10.6. The second-order valence-corrected chi connectivity index (χ2v) is 13.9. The van der Waals surface area contributed by atoms with Crippen LogP contribution in [0.1, 0.15) is 51.4 Å². The molecular weight excluding hydrogens is 424 g/mol. The van der Waals surface area contributed by atoms with Crippen LogP contribution >= 0.6 is 0 Å². The Morgan fingerprint density at radius 3 is 1.17 bits per heavy atom. The molecule has 2 atom stereocenters. The van der Waals surface area contributed by atoms with Gasteiger partial charge in [-0.3, -0.25) is 0 Å². The molecule has 0 spiro atoms. The van der Waals surface area contributed by atoms with Crippen molar-refractivity contribution < 1.29 is 36.0 Å². The lowest BCUT2D eigenvalue weighted by Gasteiger charge is -2.24. The van der Waals surface area contributed by atoms with Gasteiger partial charge in [0.05, 0.1) is 25.4 Å². The van der Waals surface area contributed by atoms with Crippen LogP contribution in [0.5, 0.6) is 0 Å². The van der Waals surface area contributed by atoms with Gasteiger partial charge in [-0.2, -0.15) is 0 Å². The first kappa shape index (κ1) is 28.1. The zero-order chi connectivity index (χ0) is 22.3. The van der Waals surface area contributed by atoms with Crippen LogP contribution in [0, 0.1) is 0 Å². The summed E-state index contributed by atoms with van der Waals surface area (Å²) in [5.41, 5.74) is 0. The minimum atomic E-state index is -2.31. The van der Waals surface area contributed by atoms with Gasteiger partial charge in [0.15, 0.2) is 0 Å². The van der Waals surface area contributed by atoms with Crippen LogP contribution in [0.15, 0.2) is 0 Å². The third-order valence-electron chi connectivity index (χ3n) is 5.69. The summed E-state index contributed by atoms with van der Waals surface area (Å²) in [6.45, 7) is 1.93. The van der Waals surface area contributed by atoms with Crippen molar-refractivity contribution in [1.29, 1.82) is 0 Å². The molecule has 2 heterocycles. The van der Waals surface area contributed by atoms with E-state index in [0.29, 0.717) is 12.2 Å². The second kappa shape index (κ2) is 15.8. The van der Waals surface area contributed by atoms with E-state index >= 15 is 0 Å².